The van der Waals surface area contributed by atoms with Crippen LogP contribution in [0.4, 0.5) is 5.69 Å². The number of nitrogens with zero attached hydrogens (tertiary/aromatic N) is 2. The molecule has 1 amide bonds. The number of rotatable bonds is 7. The molecule has 152 valence electrons. The quantitative estimate of drug-likeness (QED) is 0.302. The minimum Gasteiger partial charge on any atom is -0.463 e. The highest BCUT2D eigenvalue weighted by atomic mass is 127. The monoisotopic (exact) mass is 540 g/mol. The number of anilines is 1. The van der Waals surface area contributed by atoms with Crippen LogP contribution in [0, 0.1) is 6.92 Å². The van der Waals surface area contributed by atoms with Crippen LogP contribution in [-0.2, 0) is 11.2 Å². The molecule has 2 aromatic carbocycles. The zero-order valence-electron chi connectivity index (χ0n) is 16.3. The number of amides is 1. The van der Waals surface area contributed by atoms with Gasteiger partial charge in [0.05, 0.1) is 22.2 Å². The Morgan fingerprint density at radius 2 is 2.10 bits per heavy atom. The Balaban J connectivity index is 1.84. The van der Waals surface area contributed by atoms with Crippen LogP contribution in [0.2, 0.25) is 5.02 Å². The van der Waals surface area contributed by atoms with Crippen molar-refractivity contribution in [2.45, 2.75) is 31.9 Å². The zero-order valence-corrected chi connectivity index (χ0v) is 20.0. The molecule has 1 aliphatic rings. The SMILES string of the molecule is CCCN=C1SC(Cc2ccc(O/C=C\I)c(Cl)c2)C(=O)N1c1ccccc1C. The largest absolute Gasteiger partial charge is 0.463 e. The van der Waals surface area contributed by atoms with Crippen LogP contribution in [0.15, 0.2) is 57.8 Å². The molecule has 0 aromatic heterocycles. The Bertz CT molecular complexity index is 948. The summed E-state index contributed by atoms with van der Waals surface area (Å²) in [6, 6.07) is 13.6. The number of para-hydroxylation sites is 1. The fourth-order valence-electron chi connectivity index (χ4n) is 3.03. The first kappa shape index (κ1) is 22.2. The van der Waals surface area contributed by atoms with Crippen molar-refractivity contribution in [3.63, 3.8) is 0 Å². The van der Waals surface area contributed by atoms with Gasteiger partial charge in [-0.3, -0.25) is 14.7 Å². The molecule has 0 N–H and O–H groups in total. The molecule has 1 unspecified atom stereocenters. The van der Waals surface area contributed by atoms with Crippen LogP contribution >= 0.6 is 46.0 Å². The van der Waals surface area contributed by atoms with E-state index in [2.05, 4.69) is 34.5 Å². The lowest BCUT2D eigenvalue weighted by Gasteiger charge is -2.19. The number of ether oxygens (including phenoxy) is 1. The molecule has 1 heterocycles. The van der Waals surface area contributed by atoms with E-state index in [1.54, 1.807) is 15.2 Å². The molecule has 1 aliphatic heterocycles. The molecule has 3 rings (SSSR count). The molecule has 1 atom stereocenters. The van der Waals surface area contributed by atoms with Gasteiger partial charge in [0.25, 0.3) is 0 Å². The minimum absolute atomic E-state index is 0.0587. The van der Waals surface area contributed by atoms with E-state index in [-0.39, 0.29) is 11.2 Å². The predicted molar refractivity (Wildman–Crippen MR) is 132 cm³/mol. The molecule has 0 saturated carbocycles. The Hall–Kier alpha value is -1.51. The van der Waals surface area contributed by atoms with E-state index < -0.39 is 0 Å². The maximum atomic E-state index is 13.3. The third kappa shape index (κ3) is 5.35. The van der Waals surface area contributed by atoms with Crippen molar-refractivity contribution in [3.05, 3.63) is 69.0 Å². The molecular formula is C22H22ClIN2O2S. The van der Waals surface area contributed by atoms with Gasteiger partial charge in [0.1, 0.15) is 5.75 Å². The van der Waals surface area contributed by atoms with E-state index in [1.165, 1.54) is 11.8 Å². The van der Waals surface area contributed by atoms with Crippen LogP contribution in [0.25, 0.3) is 0 Å². The lowest BCUT2D eigenvalue weighted by atomic mass is 10.1. The average Bonchev–Trinajstić information content (AvgIpc) is 3.01. The number of thioether (sulfide) groups is 1. The summed E-state index contributed by atoms with van der Waals surface area (Å²) in [5.41, 5.74) is 2.95. The topological polar surface area (TPSA) is 41.9 Å². The van der Waals surface area contributed by atoms with Gasteiger partial charge in [-0.25, -0.2) is 0 Å². The smallest absolute Gasteiger partial charge is 0.247 e. The number of carbonyl (C=O) groups excluding carboxylic acids is 1. The van der Waals surface area contributed by atoms with Crippen molar-refractivity contribution in [1.82, 2.24) is 0 Å². The Labute approximate surface area is 194 Å². The van der Waals surface area contributed by atoms with Crippen molar-refractivity contribution in [2.24, 2.45) is 4.99 Å². The minimum atomic E-state index is -0.234. The number of amidine groups is 1. The molecule has 0 radical (unpaired) electrons. The number of carbonyl (C=O) groups is 1. The van der Waals surface area contributed by atoms with E-state index in [4.69, 9.17) is 16.3 Å². The van der Waals surface area contributed by atoms with Crippen LogP contribution in [0.1, 0.15) is 24.5 Å². The average molecular weight is 541 g/mol. The molecule has 29 heavy (non-hydrogen) atoms. The summed E-state index contributed by atoms with van der Waals surface area (Å²) in [7, 11) is 0. The molecule has 0 spiro atoms. The molecule has 0 aliphatic carbocycles. The second kappa shape index (κ2) is 10.5. The van der Waals surface area contributed by atoms with E-state index in [1.807, 2.05) is 49.4 Å². The van der Waals surface area contributed by atoms with E-state index in [0.29, 0.717) is 23.7 Å². The molecule has 1 saturated heterocycles. The Morgan fingerprint density at radius 3 is 2.79 bits per heavy atom. The van der Waals surface area contributed by atoms with Crippen LogP contribution < -0.4 is 9.64 Å². The maximum absolute atomic E-state index is 13.3. The first-order valence-electron chi connectivity index (χ1n) is 9.36. The van der Waals surface area contributed by atoms with Gasteiger partial charge < -0.3 is 4.74 Å². The van der Waals surface area contributed by atoms with Crippen molar-refractivity contribution in [1.29, 1.82) is 0 Å². The van der Waals surface area contributed by atoms with E-state index in [0.717, 1.165) is 28.4 Å². The normalized spacial score (nSPS) is 18.2. The van der Waals surface area contributed by atoms with Crippen molar-refractivity contribution < 1.29 is 9.53 Å². The van der Waals surface area contributed by atoms with Gasteiger partial charge >= 0.3 is 0 Å². The van der Waals surface area contributed by atoms with Gasteiger partial charge in [0, 0.05) is 10.6 Å². The molecule has 2 aromatic rings. The first-order valence-corrected chi connectivity index (χ1v) is 11.9. The van der Waals surface area contributed by atoms with Crippen LogP contribution in [0.3, 0.4) is 0 Å². The summed E-state index contributed by atoms with van der Waals surface area (Å²) in [5.74, 6) is 0.656. The standard InChI is InChI=1S/C22H22ClIN2O2S/c1-3-11-25-22-26(18-7-5-4-6-15(18)2)21(27)20(29-22)14-16-8-9-19(17(23)13-16)28-12-10-24/h4-10,12-13,20H,3,11,14H2,1-2H3/b12-10-,25-22?. The second-order valence-electron chi connectivity index (χ2n) is 6.58. The first-order chi connectivity index (χ1) is 14.0. The molecule has 0 bridgehead atoms. The molecule has 1 fully saturated rings. The second-order valence-corrected chi connectivity index (χ2v) is 8.88. The molecule has 7 heteroatoms. The van der Waals surface area contributed by atoms with Gasteiger partial charge in [-0.05, 0) is 71.7 Å². The van der Waals surface area contributed by atoms with Crippen LogP contribution in [0.5, 0.6) is 5.75 Å². The Morgan fingerprint density at radius 1 is 1.31 bits per heavy atom. The Kier molecular flexibility index (Phi) is 8.03. The van der Waals surface area contributed by atoms with Gasteiger partial charge in [-0.15, -0.1) is 0 Å². The summed E-state index contributed by atoms with van der Waals surface area (Å²) in [6.07, 6.45) is 3.10. The van der Waals surface area contributed by atoms with Crippen molar-refractivity contribution in [3.8, 4) is 5.75 Å². The highest BCUT2D eigenvalue weighted by molar-refractivity contribution is 14.1. The van der Waals surface area contributed by atoms with Crippen molar-refractivity contribution >= 4 is 62.7 Å². The number of aryl methyl sites for hydroxylation is 1. The van der Waals surface area contributed by atoms with E-state index >= 15 is 0 Å². The summed E-state index contributed by atoms with van der Waals surface area (Å²) >= 11 is 9.95. The number of aliphatic imine (C=N–C) groups is 1. The molecular weight excluding hydrogens is 519 g/mol. The van der Waals surface area contributed by atoms with Crippen molar-refractivity contribution in [2.75, 3.05) is 11.4 Å². The number of hydrogen-bond acceptors (Lipinski definition) is 4. The van der Waals surface area contributed by atoms with Crippen LogP contribution in [-0.4, -0.2) is 22.9 Å². The lowest BCUT2D eigenvalue weighted by molar-refractivity contribution is -0.116. The lowest BCUT2D eigenvalue weighted by Crippen LogP contribution is -2.33. The summed E-state index contributed by atoms with van der Waals surface area (Å²) < 4.78 is 7.23. The van der Waals surface area contributed by atoms with E-state index in [9.17, 15) is 4.79 Å². The number of benzene rings is 2. The summed E-state index contributed by atoms with van der Waals surface area (Å²) in [5, 5.41) is 1.07. The highest BCUT2D eigenvalue weighted by Gasteiger charge is 2.39. The van der Waals surface area contributed by atoms with Gasteiger partial charge in [-0.2, -0.15) is 0 Å². The third-order valence-electron chi connectivity index (χ3n) is 4.43. The molecule has 4 nitrogen and oxygen atoms in total. The van der Waals surface area contributed by atoms with Gasteiger partial charge in [0.15, 0.2) is 5.17 Å². The third-order valence-corrected chi connectivity index (χ3v) is 6.19. The summed E-state index contributed by atoms with van der Waals surface area (Å²) in [4.78, 5) is 19.7. The maximum Gasteiger partial charge on any atom is 0.247 e. The van der Waals surface area contributed by atoms with Gasteiger partial charge in [0.2, 0.25) is 5.91 Å². The zero-order chi connectivity index (χ0) is 20.8. The highest BCUT2D eigenvalue weighted by Crippen LogP contribution is 2.36. The van der Waals surface area contributed by atoms with Gasteiger partial charge in [-0.1, -0.05) is 54.6 Å². The number of hydrogen-bond donors (Lipinski definition) is 0. The fourth-order valence-corrected chi connectivity index (χ4v) is 4.62. The predicted octanol–water partition coefficient (Wildman–Crippen LogP) is 6.39. The summed E-state index contributed by atoms with van der Waals surface area (Å²) in [6.45, 7) is 4.80. The number of halogens is 2. The fraction of sp³-hybridized carbons (Fsp3) is 0.273.